The van der Waals surface area contributed by atoms with E-state index in [0.29, 0.717) is 18.9 Å². The number of aromatic nitrogens is 4. The van der Waals surface area contributed by atoms with Crippen LogP contribution >= 0.6 is 0 Å². The van der Waals surface area contributed by atoms with Crippen molar-refractivity contribution in [1.29, 1.82) is 0 Å². The number of rotatable bonds is 3. The first-order valence-electron chi connectivity index (χ1n) is 6.49. The minimum Gasteiger partial charge on any atom is -0.334 e. The first kappa shape index (κ1) is 12.5. The molecule has 2 heterocycles. The van der Waals surface area contributed by atoms with Crippen LogP contribution in [-0.4, -0.2) is 44.5 Å². The van der Waals surface area contributed by atoms with E-state index in [1.807, 2.05) is 12.1 Å². The van der Waals surface area contributed by atoms with E-state index in [1.165, 1.54) is 16.7 Å². The van der Waals surface area contributed by atoms with Crippen LogP contribution in [0.25, 0.3) is 5.57 Å². The average molecular weight is 269 g/mol. The van der Waals surface area contributed by atoms with Crippen molar-refractivity contribution in [2.45, 2.75) is 13.3 Å². The molecule has 1 aliphatic heterocycles. The van der Waals surface area contributed by atoms with Crippen LogP contribution in [0.2, 0.25) is 0 Å². The lowest BCUT2D eigenvalue weighted by molar-refractivity contribution is -0.129. The van der Waals surface area contributed by atoms with Gasteiger partial charge < -0.3 is 4.90 Å². The molecule has 0 atom stereocenters. The third-order valence-corrected chi connectivity index (χ3v) is 3.46. The molecule has 0 saturated heterocycles. The number of H-pyrrole nitrogens is 1. The minimum atomic E-state index is 0.0197. The van der Waals surface area contributed by atoms with Gasteiger partial charge in [0.15, 0.2) is 5.82 Å². The molecule has 0 spiro atoms. The summed E-state index contributed by atoms with van der Waals surface area (Å²) < 4.78 is 0. The predicted octanol–water partition coefficient (Wildman–Crippen LogP) is 0.976. The summed E-state index contributed by atoms with van der Waals surface area (Å²) in [5, 5.41) is 13.4. The van der Waals surface area contributed by atoms with Gasteiger partial charge in [0.05, 0.1) is 6.42 Å². The third kappa shape index (κ3) is 2.45. The molecule has 6 heteroatoms. The van der Waals surface area contributed by atoms with Gasteiger partial charge in [0.1, 0.15) is 0 Å². The molecule has 0 bridgehead atoms. The highest BCUT2D eigenvalue weighted by Gasteiger charge is 2.22. The lowest BCUT2D eigenvalue weighted by Gasteiger charge is -2.16. The SMILES string of the molecule is Cc1ccccc1C1=CCN(C(=O)Cc2nn[nH]n2)C1. The Labute approximate surface area is 116 Å². The van der Waals surface area contributed by atoms with Gasteiger partial charge in [-0.25, -0.2) is 0 Å². The monoisotopic (exact) mass is 269 g/mol. The topological polar surface area (TPSA) is 74.8 Å². The van der Waals surface area contributed by atoms with Gasteiger partial charge in [0, 0.05) is 13.1 Å². The fraction of sp³-hybridized carbons (Fsp3) is 0.286. The van der Waals surface area contributed by atoms with E-state index in [9.17, 15) is 4.79 Å². The Morgan fingerprint density at radius 1 is 1.40 bits per heavy atom. The van der Waals surface area contributed by atoms with Crippen molar-refractivity contribution in [2.24, 2.45) is 0 Å². The molecule has 0 saturated carbocycles. The van der Waals surface area contributed by atoms with Gasteiger partial charge in [-0.15, -0.1) is 10.2 Å². The number of hydrogen-bond donors (Lipinski definition) is 1. The highest BCUT2D eigenvalue weighted by molar-refractivity contribution is 5.83. The van der Waals surface area contributed by atoms with Gasteiger partial charge in [-0.2, -0.15) is 5.21 Å². The molecule has 0 unspecified atom stereocenters. The van der Waals surface area contributed by atoms with Crippen molar-refractivity contribution >= 4 is 11.5 Å². The van der Waals surface area contributed by atoms with Crippen LogP contribution in [0, 0.1) is 6.92 Å². The van der Waals surface area contributed by atoms with E-state index in [-0.39, 0.29) is 12.3 Å². The van der Waals surface area contributed by atoms with E-state index >= 15 is 0 Å². The number of nitrogens with one attached hydrogen (secondary N) is 1. The number of benzene rings is 1. The number of hydrogen-bond acceptors (Lipinski definition) is 4. The van der Waals surface area contributed by atoms with Crippen molar-refractivity contribution < 1.29 is 4.79 Å². The van der Waals surface area contributed by atoms with Crippen LogP contribution in [-0.2, 0) is 11.2 Å². The number of nitrogens with zero attached hydrogens (tertiary/aromatic N) is 4. The molecular formula is C14H15N5O. The smallest absolute Gasteiger partial charge is 0.230 e. The normalized spacial score (nSPS) is 14.4. The van der Waals surface area contributed by atoms with Crippen molar-refractivity contribution in [3.05, 3.63) is 47.3 Å². The van der Waals surface area contributed by atoms with Gasteiger partial charge >= 0.3 is 0 Å². The Balaban J connectivity index is 1.67. The number of carbonyl (C=O) groups excluding carboxylic acids is 1. The summed E-state index contributed by atoms with van der Waals surface area (Å²) in [6.07, 6.45) is 2.29. The third-order valence-electron chi connectivity index (χ3n) is 3.46. The first-order chi connectivity index (χ1) is 9.74. The van der Waals surface area contributed by atoms with Crippen LogP contribution in [0.1, 0.15) is 17.0 Å². The van der Waals surface area contributed by atoms with Crippen LogP contribution in [0.15, 0.2) is 30.3 Å². The zero-order valence-corrected chi connectivity index (χ0v) is 11.2. The molecule has 1 aromatic heterocycles. The van der Waals surface area contributed by atoms with Crippen molar-refractivity contribution in [2.75, 3.05) is 13.1 Å². The molecular weight excluding hydrogens is 254 g/mol. The molecule has 0 fully saturated rings. The minimum absolute atomic E-state index is 0.0197. The van der Waals surface area contributed by atoms with Gasteiger partial charge in [-0.1, -0.05) is 35.6 Å². The maximum absolute atomic E-state index is 12.1. The largest absolute Gasteiger partial charge is 0.334 e. The molecule has 0 radical (unpaired) electrons. The molecule has 1 aliphatic rings. The van der Waals surface area contributed by atoms with Crippen LogP contribution < -0.4 is 0 Å². The molecule has 2 aromatic rings. The second kappa shape index (κ2) is 5.24. The maximum atomic E-state index is 12.1. The summed E-state index contributed by atoms with van der Waals surface area (Å²) in [5.74, 6) is 0.450. The highest BCUT2D eigenvalue weighted by atomic mass is 16.2. The Morgan fingerprint density at radius 2 is 2.25 bits per heavy atom. The fourth-order valence-electron chi connectivity index (χ4n) is 2.38. The Bertz CT molecular complexity index is 647. The number of amides is 1. The molecule has 3 rings (SSSR count). The van der Waals surface area contributed by atoms with E-state index in [2.05, 4.69) is 45.8 Å². The highest BCUT2D eigenvalue weighted by Crippen LogP contribution is 2.24. The molecule has 102 valence electrons. The molecule has 1 aromatic carbocycles. The van der Waals surface area contributed by atoms with E-state index in [0.717, 1.165) is 0 Å². The molecule has 1 N–H and O–H groups in total. The van der Waals surface area contributed by atoms with E-state index in [1.54, 1.807) is 4.90 Å². The van der Waals surface area contributed by atoms with Crippen LogP contribution in [0.3, 0.4) is 0 Å². The van der Waals surface area contributed by atoms with Gasteiger partial charge in [0.25, 0.3) is 0 Å². The van der Waals surface area contributed by atoms with E-state index in [4.69, 9.17) is 0 Å². The second-order valence-electron chi connectivity index (χ2n) is 4.82. The Kier molecular flexibility index (Phi) is 3.28. The standard InChI is InChI=1S/C14H15N5O/c1-10-4-2-3-5-12(10)11-6-7-19(9-11)14(20)8-13-15-17-18-16-13/h2-6H,7-9H2,1H3,(H,15,16,17,18). The number of tetrazole rings is 1. The number of carbonyl (C=O) groups is 1. The molecule has 6 nitrogen and oxygen atoms in total. The molecule has 1 amide bonds. The summed E-state index contributed by atoms with van der Waals surface area (Å²) in [6.45, 7) is 3.36. The van der Waals surface area contributed by atoms with E-state index < -0.39 is 0 Å². The first-order valence-corrected chi connectivity index (χ1v) is 6.49. The second-order valence-corrected chi connectivity index (χ2v) is 4.82. The Morgan fingerprint density at radius 3 is 3.00 bits per heavy atom. The average Bonchev–Trinajstić information content (AvgIpc) is 3.10. The lowest BCUT2D eigenvalue weighted by atomic mass is 10.0. The van der Waals surface area contributed by atoms with Crippen molar-refractivity contribution in [1.82, 2.24) is 25.5 Å². The van der Waals surface area contributed by atoms with Crippen LogP contribution in [0.4, 0.5) is 0 Å². The quantitative estimate of drug-likeness (QED) is 0.901. The summed E-state index contributed by atoms with van der Waals surface area (Å²) in [4.78, 5) is 13.9. The fourth-order valence-corrected chi connectivity index (χ4v) is 2.38. The number of aromatic amines is 1. The summed E-state index contributed by atoms with van der Waals surface area (Å²) in [7, 11) is 0. The number of aryl methyl sites for hydroxylation is 1. The zero-order chi connectivity index (χ0) is 13.9. The summed E-state index contributed by atoms with van der Waals surface area (Å²) in [5.41, 5.74) is 3.64. The van der Waals surface area contributed by atoms with Gasteiger partial charge in [-0.05, 0) is 23.6 Å². The van der Waals surface area contributed by atoms with Gasteiger partial charge in [-0.3, -0.25) is 4.79 Å². The Hall–Kier alpha value is -2.50. The molecule has 20 heavy (non-hydrogen) atoms. The maximum Gasteiger partial charge on any atom is 0.230 e. The van der Waals surface area contributed by atoms with Crippen molar-refractivity contribution in [3.63, 3.8) is 0 Å². The predicted molar refractivity (Wildman–Crippen MR) is 73.6 cm³/mol. The summed E-state index contributed by atoms with van der Waals surface area (Å²) >= 11 is 0. The zero-order valence-electron chi connectivity index (χ0n) is 11.2. The lowest BCUT2D eigenvalue weighted by Crippen LogP contribution is -2.30. The summed E-state index contributed by atoms with van der Waals surface area (Å²) in [6, 6.07) is 8.22. The van der Waals surface area contributed by atoms with Gasteiger partial charge in [0.2, 0.25) is 5.91 Å². The van der Waals surface area contributed by atoms with Crippen molar-refractivity contribution in [3.8, 4) is 0 Å². The van der Waals surface area contributed by atoms with Crippen LogP contribution in [0.5, 0.6) is 0 Å². The molecule has 0 aliphatic carbocycles.